The van der Waals surface area contributed by atoms with Gasteiger partial charge in [0.2, 0.25) is 10.0 Å². The third kappa shape index (κ3) is 6.01. The third-order valence-corrected chi connectivity index (χ3v) is 13.2. The van der Waals surface area contributed by atoms with Crippen molar-refractivity contribution in [2.75, 3.05) is 31.2 Å². The van der Waals surface area contributed by atoms with Crippen LogP contribution >= 0.6 is 11.6 Å². The van der Waals surface area contributed by atoms with Gasteiger partial charge in [0.05, 0.1) is 29.8 Å². The minimum Gasteiger partial charge on any atom is -0.490 e. The second-order valence-corrected chi connectivity index (χ2v) is 16.3. The summed E-state index contributed by atoms with van der Waals surface area (Å²) in [6.45, 7) is 4.41. The fraction of sp³-hybridized carbons (Fsp3) is 0.571. The molecule has 2 aromatic carbocycles. The van der Waals surface area contributed by atoms with Crippen LogP contribution in [0, 0.1) is 17.8 Å². The zero-order valence-electron chi connectivity index (χ0n) is 25.8. The van der Waals surface area contributed by atoms with E-state index < -0.39 is 27.3 Å². The minimum absolute atomic E-state index is 0.111. The van der Waals surface area contributed by atoms with Gasteiger partial charge in [-0.3, -0.25) is 4.79 Å². The van der Waals surface area contributed by atoms with Crippen molar-refractivity contribution in [1.29, 1.82) is 0 Å². The number of ether oxygens (including phenoxy) is 2. The predicted molar refractivity (Wildman–Crippen MR) is 175 cm³/mol. The number of sulfonamides is 1. The molecule has 1 amide bonds. The van der Waals surface area contributed by atoms with Crippen LogP contribution in [0.3, 0.4) is 0 Å². The molecule has 1 saturated carbocycles. The van der Waals surface area contributed by atoms with Crippen LogP contribution < -0.4 is 14.4 Å². The number of hydrogen-bond donors (Lipinski definition) is 2. The zero-order chi connectivity index (χ0) is 31.3. The quantitative estimate of drug-likeness (QED) is 0.418. The van der Waals surface area contributed by atoms with E-state index in [0.717, 1.165) is 49.2 Å². The lowest BCUT2D eigenvalue weighted by atomic mass is 9.68. The van der Waals surface area contributed by atoms with Crippen LogP contribution in [0.5, 0.6) is 5.75 Å². The number of aryl methyl sites for hydroxylation is 1. The van der Waals surface area contributed by atoms with Crippen molar-refractivity contribution in [3.8, 4) is 5.75 Å². The van der Waals surface area contributed by atoms with Crippen LogP contribution in [-0.2, 0) is 26.6 Å². The van der Waals surface area contributed by atoms with E-state index in [1.165, 1.54) is 11.1 Å². The molecule has 0 unspecified atom stereocenters. The largest absolute Gasteiger partial charge is 0.490 e. The molecule has 2 bridgehead atoms. The van der Waals surface area contributed by atoms with Crippen molar-refractivity contribution in [2.45, 2.75) is 81.2 Å². The van der Waals surface area contributed by atoms with Crippen LogP contribution in [0.1, 0.15) is 73.4 Å². The van der Waals surface area contributed by atoms with Gasteiger partial charge in [-0.2, -0.15) is 0 Å². The Morgan fingerprint density at radius 1 is 1.16 bits per heavy atom. The predicted octanol–water partition coefficient (Wildman–Crippen LogP) is 5.40. The molecule has 2 N–H and O–H groups in total. The van der Waals surface area contributed by atoms with E-state index in [0.29, 0.717) is 44.9 Å². The molecule has 1 saturated heterocycles. The molecule has 5 aliphatic rings. The molecule has 10 heteroatoms. The highest BCUT2D eigenvalue weighted by Crippen LogP contribution is 2.47. The lowest BCUT2D eigenvalue weighted by Crippen LogP contribution is -2.49. The summed E-state index contributed by atoms with van der Waals surface area (Å²) in [6.07, 6.45) is 9.55. The summed E-state index contributed by atoms with van der Waals surface area (Å²) in [5.74, 6) is 0.153. The number of fused-ring (bicyclic) bond motifs is 4. The number of nitrogens with one attached hydrogen (secondary N) is 1. The first-order valence-electron chi connectivity index (χ1n) is 16.4. The Labute approximate surface area is 271 Å². The fourth-order valence-electron chi connectivity index (χ4n) is 8.19. The molecule has 45 heavy (non-hydrogen) atoms. The second kappa shape index (κ2) is 12.2. The van der Waals surface area contributed by atoms with Gasteiger partial charge in [0.25, 0.3) is 5.91 Å². The Balaban J connectivity index is 1.27. The number of halogens is 1. The molecular formula is C35H43ClN2O6S. The van der Waals surface area contributed by atoms with Crippen LogP contribution in [0.4, 0.5) is 5.69 Å². The first-order chi connectivity index (χ1) is 21.6. The molecule has 7 rings (SSSR count). The van der Waals surface area contributed by atoms with Gasteiger partial charge >= 0.3 is 0 Å². The number of carbonyl (C=O) groups excluding carboxylic acids is 1. The molecule has 2 aromatic rings. The Kier molecular flexibility index (Phi) is 8.42. The molecule has 242 valence electrons. The van der Waals surface area contributed by atoms with E-state index in [-0.39, 0.29) is 34.8 Å². The number of hydrogen-bond acceptors (Lipinski definition) is 7. The van der Waals surface area contributed by atoms with Crippen LogP contribution in [0.25, 0.3) is 0 Å². The number of aliphatic hydroxyl groups is 1. The van der Waals surface area contributed by atoms with Gasteiger partial charge in [-0.25, -0.2) is 13.1 Å². The lowest BCUT2D eigenvalue weighted by molar-refractivity contribution is -0.0564. The molecule has 7 atom stereocenters. The van der Waals surface area contributed by atoms with Crippen LogP contribution in [-0.4, -0.2) is 63.2 Å². The van der Waals surface area contributed by atoms with Crippen molar-refractivity contribution >= 4 is 33.2 Å². The molecule has 0 aromatic heterocycles. The lowest BCUT2D eigenvalue weighted by Gasteiger charge is -2.45. The fourth-order valence-corrected chi connectivity index (χ4v) is 10.1. The molecular weight excluding hydrogens is 612 g/mol. The monoisotopic (exact) mass is 654 g/mol. The first-order valence-corrected chi connectivity index (χ1v) is 18.4. The average Bonchev–Trinajstić information content (AvgIpc) is 3.10. The SMILES string of the molecule is C[C@H]1C/C=C/[C@H](O)[C@@H]2CC[C@H]2CN2C[C@@]3(CCCc4cc(Cl)ccc43)COc3ccc(cc32)C(=O)NS(=O)(=O)[C@@H]1C[C@@H]1CCO1. The summed E-state index contributed by atoms with van der Waals surface area (Å²) >= 11 is 6.41. The van der Waals surface area contributed by atoms with Gasteiger partial charge < -0.3 is 19.5 Å². The van der Waals surface area contributed by atoms with Gasteiger partial charge in [-0.05, 0) is 111 Å². The minimum atomic E-state index is -4.02. The van der Waals surface area contributed by atoms with E-state index >= 15 is 0 Å². The van der Waals surface area contributed by atoms with Crippen molar-refractivity contribution in [2.24, 2.45) is 17.8 Å². The van der Waals surface area contributed by atoms with Crippen LogP contribution in [0.2, 0.25) is 5.02 Å². The number of allylic oxidation sites excluding steroid dienone is 1. The van der Waals surface area contributed by atoms with Crippen molar-refractivity contribution in [1.82, 2.24) is 4.72 Å². The summed E-state index contributed by atoms with van der Waals surface area (Å²) in [6, 6.07) is 11.4. The van der Waals surface area contributed by atoms with Gasteiger partial charge in [0.1, 0.15) is 5.75 Å². The Morgan fingerprint density at radius 3 is 2.76 bits per heavy atom. The standard InChI is InChI=1S/C35H43ClN2O6S/c1-22-4-2-6-31(39)28-10-7-25(28)19-38-20-35(14-3-5-23-16-26(36)9-11-29(23)35)21-44-32-12-8-24(17-30(32)38)34(40)37-45(41,42)33(22)18-27-13-15-43-27/h2,6,8-9,11-12,16-17,22,25,27-28,31,33,39H,3-5,7,10,13-15,18-21H2,1H3,(H,37,40)/b6-2+/t22-,25-,27-,28+,31-,33+,35-/m0/s1. The summed E-state index contributed by atoms with van der Waals surface area (Å²) in [5, 5.41) is 11.2. The van der Waals surface area contributed by atoms with Gasteiger partial charge in [-0.1, -0.05) is 36.7 Å². The molecule has 8 nitrogen and oxygen atoms in total. The molecule has 1 spiro atoms. The van der Waals surface area contributed by atoms with Crippen molar-refractivity contribution < 1.29 is 27.8 Å². The normalized spacial score (nSPS) is 35.0. The first kappa shape index (κ1) is 31.0. The Bertz CT molecular complexity index is 1590. The highest BCUT2D eigenvalue weighted by atomic mass is 35.5. The number of aliphatic hydroxyl groups excluding tert-OH is 1. The number of carbonyl (C=O) groups is 1. The van der Waals surface area contributed by atoms with Gasteiger partial charge in [0.15, 0.2) is 0 Å². The smallest absolute Gasteiger partial charge is 0.264 e. The van der Waals surface area contributed by atoms with Crippen molar-refractivity contribution in [3.63, 3.8) is 0 Å². The summed E-state index contributed by atoms with van der Waals surface area (Å²) in [4.78, 5) is 16.0. The molecule has 0 radical (unpaired) electrons. The Morgan fingerprint density at radius 2 is 2.00 bits per heavy atom. The zero-order valence-corrected chi connectivity index (χ0v) is 27.4. The molecule has 2 fully saturated rings. The maximum atomic E-state index is 13.7. The van der Waals surface area contributed by atoms with E-state index in [1.807, 2.05) is 25.1 Å². The maximum Gasteiger partial charge on any atom is 0.264 e. The number of nitrogens with zero attached hydrogens (tertiary/aromatic N) is 1. The number of amides is 1. The summed E-state index contributed by atoms with van der Waals surface area (Å²) in [7, 11) is -4.02. The number of rotatable bonds is 2. The molecule has 3 heterocycles. The molecule has 2 aliphatic carbocycles. The topological polar surface area (TPSA) is 105 Å². The van der Waals surface area contributed by atoms with Gasteiger partial charge in [0, 0.05) is 35.7 Å². The van der Waals surface area contributed by atoms with E-state index in [9.17, 15) is 18.3 Å². The van der Waals surface area contributed by atoms with Gasteiger partial charge in [-0.15, -0.1) is 0 Å². The number of anilines is 1. The highest BCUT2D eigenvalue weighted by molar-refractivity contribution is 7.90. The van der Waals surface area contributed by atoms with E-state index in [1.54, 1.807) is 18.2 Å². The van der Waals surface area contributed by atoms with E-state index in [2.05, 4.69) is 21.8 Å². The number of benzene rings is 2. The van der Waals surface area contributed by atoms with Crippen LogP contribution in [0.15, 0.2) is 48.6 Å². The van der Waals surface area contributed by atoms with E-state index in [4.69, 9.17) is 21.1 Å². The summed E-state index contributed by atoms with van der Waals surface area (Å²) < 4.78 is 42.1. The summed E-state index contributed by atoms with van der Waals surface area (Å²) in [5.41, 5.74) is 3.30. The Hall–Kier alpha value is -2.59. The second-order valence-electron chi connectivity index (χ2n) is 14.0. The molecule has 3 aliphatic heterocycles. The maximum absolute atomic E-state index is 13.7. The third-order valence-electron chi connectivity index (χ3n) is 11.1. The van der Waals surface area contributed by atoms with Crippen molar-refractivity contribution in [3.05, 3.63) is 70.3 Å². The highest BCUT2D eigenvalue weighted by Gasteiger charge is 2.44. The average molecular weight is 655 g/mol.